The summed E-state index contributed by atoms with van der Waals surface area (Å²) in [5.74, 6) is 0. The van der Waals surface area contributed by atoms with E-state index in [0.29, 0.717) is 0 Å². The van der Waals surface area contributed by atoms with Crippen molar-refractivity contribution in [1.29, 1.82) is 0 Å². The van der Waals surface area contributed by atoms with Crippen molar-refractivity contribution in [3.8, 4) is 0 Å². The number of halogens is 2. The fraction of sp³-hybridized carbons (Fsp3) is 0.100. The second kappa shape index (κ2) is 7.80. The second-order valence-corrected chi connectivity index (χ2v) is 9.43. The van der Waals surface area contributed by atoms with E-state index in [0.717, 1.165) is 6.42 Å². The van der Waals surface area contributed by atoms with Gasteiger partial charge in [-0.15, -0.1) is 80.7 Å². The van der Waals surface area contributed by atoms with Crippen LogP contribution in [0.3, 0.4) is 0 Å². The summed E-state index contributed by atoms with van der Waals surface area (Å²) < 4.78 is 0. The molecule has 0 atom stereocenters. The Kier molecular flexibility index (Phi) is 5.75. The van der Waals surface area contributed by atoms with E-state index in [1.807, 2.05) is 0 Å². The van der Waals surface area contributed by atoms with E-state index in [9.17, 15) is 0 Å². The molecule has 0 nitrogen and oxygen atoms in total. The van der Waals surface area contributed by atoms with Crippen LogP contribution in [0.5, 0.6) is 0 Å². The molecule has 0 fully saturated rings. The Labute approximate surface area is 155 Å². The van der Waals surface area contributed by atoms with Crippen LogP contribution in [-0.4, -0.2) is 0 Å². The summed E-state index contributed by atoms with van der Waals surface area (Å²) in [6.45, 7) is 2.17. The van der Waals surface area contributed by atoms with E-state index < -0.39 is 20.8 Å². The van der Waals surface area contributed by atoms with Gasteiger partial charge in [0.05, 0.1) is 0 Å². The van der Waals surface area contributed by atoms with Gasteiger partial charge in [0.2, 0.25) is 0 Å². The molecule has 4 rings (SSSR count). The molecule has 0 amide bonds. The third-order valence-electron chi connectivity index (χ3n) is 4.06. The molecule has 0 heterocycles. The normalized spacial score (nSPS) is 10.4. The molecule has 4 aromatic carbocycles. The van der Waals surface area contributed by atoms with Gasteiger partial charge in [0.25, 0.3) is 0 Å². The van der Waals surface area contributed by atoms with Gasteiger partial charge in [-0.2, -0.15) is 12.1 Å². The first-order chi connectivity index (χ1) is 11.2. The molecule has 0 N–H and O–H groups in total. The summed E-state index contributed by atoms with van der Waals surface area (Å²) in [6.07, 6.45) is 1.01. The molecule has 0 bridgehead atoms. The van der Waals surface area contributed by atoms with Crippen LogP contribution in [0.25, 0.3) is 21.5 Å². The van der Waals surface area contributed by atoms with Crippen LogP contribution in [-0.2, 0) is 27.3 Å². The fourth-order valence-corrected chi connectivity index (χ4v) is 3.14. The quantitative estimate of drug-likeness (QED) is 0.318. The van der Waals surface area contributed by atoms with Crippen LogP contribution in [0.1, 0.15) is 16.7 Å². The molecule has 4 aromatic rings. The van der Waals surface area contributed by atoms with Crippen LogP contribution in [0.4, 0.5) is 0 Å². The van der Waals surface area contributed by atoms with Gasteiger partial charge >= 0.3 is 37.9 Å². The molecule has 3 heteroatoms. The Bertz CT molecular complexity index is 885. The predicted molar refractivity (Wildman–Crippen MR) is 98.3 cm³/mol. The zero-order valence-electron chi connectivity index (χ0n) is 12.8. The van der Waals surface area contributed by atoms with Crippen molar-refractivity contribution in [1.82, 2.24) is 0 Å². The maximum atomic E-state index is 4.93. The van der Waals surface area contributed by atoms with E-state index in [2.05, 4.69) is 73.7 Å². The van der Waals surface area contributed by atoms with Crippen molar-refractivity contribution >= 4 is 38.6 Å². The van der Waals surface area contributed by atoms with Gasteiger partial charge in [-0.05, 0) is 0 Å². The van der Waals surface area contributed by atoms with E-state index in [-0.39, 0.29) is 0 Å². The zero-order valence-corrected chi connectivity index (χ0v) is 16.8. The summed E-state index contributed by atoms with van der Waals surface area (Å²) in [7, 11) is 9.87. The molecule has 0 aromatic heterocycles. The molecular formula is C20H16Cl2Zr. The molecule has 0 aliphatic carbocycles. The molecule has 114 valence electrons. The maximum absolute atomic E-state index is 4.93. The third kappa shape index (κ3) is 3.97. The average Bonchev–Trinajstić information content (AvgIpc) is 3.10. The topological polar surface area (TPSA) is 0 Å². The molecule has 0 aliphatic heterocycles. The van der Waals surface area contributed by atoms with Crippen molar-refractivity contribution < 1.29 is 20.8 Å². The molecule has 0 saturated carbocycles. The van der Waals surface area contributed by atoms with Crippen LogP contribution < -0.4 is 0 Å². The van der Waals surface area contributed by atoms with E-state index in [1.54, 1.807) is 0 Å². The Morgan fingerprint density at radius 2 is 1.65 bits per heavy atom. The number of hydrogen-bond acceptors (Lipinski definition) is 0. The first kappa shape index (κ1) is 17.0. The molecule has 0 spiro atoms. The average molecular weight is 418 g/mol. The van der Waals surface area contributed by atoms with Gasteiger partial charge < -0.3 is 0 Å². The van der Waals surface area contributed by atoms with Crippen molar-refractivity contribution in [2.75, 3.05) is 0 Å². The van der Waals surface area contributed by atoms with Crippen LogP contribution in [0.2, 0.25) is 0 Å². The third-order valence-corrected chi connectivity index (χ3v) is 4.06. The van der Waals surface area contributed by atoms with Gasteiger partial charge in [-0.1, -0.05) is 25.5 Å². The van der Waals surface area contributed by atoms with Gasteiger partial charge in [-0.25, -0.2) is 0 Å². The van der Waals surface area contributed by atoms with Crippen molar-refractivity contribution in [2.45, 2.75) is 13.3 Å². The summed E-state index contributed by atoms with van der Waals surface area (Å²) in [5.41, 5.74) is 4.17. The Hall–Kier alpha value is -0.877. The molecule has 0 unspecified atom stereocenters. The monoisotopic (exact) mass is 416 g/mol. The number of fused-ring (bicyclic) bond motifs is 2. The van der Waals surface area contributed by atoms with Crippen LogP contribution in [0, 0.1) is 6.92 Å². The first-order valence-corrected chi connectivity index (χ1v) is 13.8. The SMILES string of the molecule is Cc1cc2cccc(Cc3cc4ccccc4[cH-]3)c2[cH-]1.[Cl][Zr+2][Cl]. The number of rotatable bonds is 2. The first-order valence-electron chi connectivity index (χ1n) is 7.47. The van der Waals surface area contributed by atoms with Crippen molar-refractivity contribution in [2.24, 2.45) is 0 Å². The van der Waals surface area contributed by atoms with Crippen LogP contribution in [0.15, 0.2) is 66.7 Å². The Morgan fingerprint density at radius 1 is 0.913 bits per heavy atom. The van der Waals surface area contributed by atoms with Gasteiger partial charge in [0.1, 0.15) is 0 Å². The molecule has 0 aliphatic rings. The number of benzene rings is 2. The number of hydrogen-bond donors (Lipinski definition) is 0. The van der Waals surface area contributed by atoms with E-state index >= 15 is 0 Å². The summed E-state index contributed by atoms with van der Waals surface area (Å²) in [4.78, 5) is 0. The molecule has 0 radical (unpaired) electrons. The molecular weight excluding hydrogens is 402 g/mol. The zero-order chi connectivity index (χ0) is 16.2. The minimum atomic E-state index is -0.826. The molecule has 23 heavy (non-hydrogen) atoms. The van der Waals surface area contributed by atoms with Crippen molar-refractivity contribution in [3.05, 3.63) is 83.4 Å². The summed E-state index contributed by atoms with van der Waals surface area (Å²) in [5, 5.41) is 5.44. The van der Waals surface area contributed by atoms with Gasteiger partial charge in [0, 0.05) is 0 Å². The predicted octanol–water partition coefficient (Wildman–Crippen LogP) is 6.71. The van der Waals surface area contributed by atoms with E-state index in [1.165, 1.54) is 38.2 Å². The second-order valence-electron chi connectivity index (χ2n) is 5.69. The standard InChI is InChI=1S/C20H16.2ClH.Zr/c1-14-9-18-7-4-8-19(20(18)10-14)13-15-11-16-5-2-3-6-17(16)12-15;;;/h2-12H,13H2,1H3;2*1H;/q-2;;;+4/p-2. The summed E-state index contributed by atoms with van der Waals surface area (Å²) >= 11 is -0.826. The van der Waals surface area contributed by atoms with Crippen LogP contribution >= 0.6 is 17.0 Å². The Balaban J connectivity index is 0.000000485. The van der Waals surface area contributed by atoms with Crippen molar-refractivity contribution in [3.63, 3.8) is 0 Å². The minimum absolute atomic E-state index is 0.826. The molecule has 0 saturated heterocycles. The Morgan fingerprint density at radius 3 is 2.43 bits per heavy atom. The summed E-state index contributed by atoms with van der Waals surface area (Å²) in [6, 6.07) is 24.4. The number of aryl methyl sites for hydroxylation is 1. The van der Waals surface area contributed by atoms with Gasteiger partial charge in [-0.3, -0.25) is 0 Å². The van der Waals surface area contributed by atoms with Gasteiger partial charge in [0.15, 0.2) is 0 Å². The fourth-order valence-electron chi connectivity index (χ4n) is 3.14. The van der Waals surface area contributed by atoms with E-state index in [4.69, 9.17) is 17.0 Å².